The molecule has 6 heteroatoms. The smallest absolute Gasteiger partial charge is 0.161 e. The molecule has 0 saturated heterocycles. The Kier molecular flexibility index (Phi) is 3.62. The summed E-state index contributed by atoms with van der Waals surface area (Å²) >= 11 is 0. The number of aryl methyl sites for hydroxylation is 1. The number of benzene rings is 1. The van der Waals surface area contributed by atoms with Gasteiger partial charge in [-0.25, -0.2) is 13.8 Å². The molecule has 2 N–H and O–H groups in total. The van der Waals surface area contributed by atoms with Crippen molar-refractivity contribution in [3.8, 4) is 11.4 Å². The fourth-order valence-electron chi connectivity index (χ4n) is 2.32. The number of aromatic nitrogens is 3. The van der Waals surface area contributed by atoms with Gasteiger partial charge in [-0.3, -0.25) is 4.98 Å². The molecule has 0 saturated carbocycles. The van der Waals surface area contributed by atoms with Crippen LogP contribution in [-0.2, 0) is 6.54 Å². The van der Waals surface area contributed by atoms with Crippen LogP contribution in [0.2, 0.25) is 0 Å². The highest BCUT2D eigenvalue weighted by molar-refractivity contribution is 5.80. The molecule has 0 aliphatic heterocycles. The summed E-state index contributed by atoms with van der Waals surface area (Å²) in [6.07, 6.45) is 4.04. The molecule has 0 radical (unpaired) electrons. The zero-order valence-electron chi connectivity index (χ0n) is 11.3. The lowest BCUT2D eigenvalue weighted by Gasteiger charge is -2.08. The molecule has 2 aromatic heterocycles. The molecule has 1 aromatic carbocycles. The normalized spacial score (nSPS) is 11.2. The number of imidazole rings is 1. The minimum Gasteiger partial charge on any atom is -0.330 e. The van der Waals surface area contributed by atoms with E-state index in [1.807, 2.05) is 16.7 Å². The van der Waals surface area contributed by atoms with Gasteiger partial charge in [0.15, 0.2) is 11.6 Å². The average Bonchev–Trinajstić information content (AvgIpc) is 2.84. The number of nitrogens with two attached hydrogens (primary N) is 1. The van der Waals surface area contributed by atoms with Gasteiger partial charge >= 0.3 is 0 Å². The van der Waals surface area contributed by atoms with E-state index < -0.39 is 11.6 Å². The fourth-order valence-corrected chi connectivity index (χ4v) is 2.32. The van der Waals surface area contributed by atoms with E-state index in [0.717, 1.165) is 18.1 Å². The molecule has 0 amide bonds. The summed E-state index contributed by atoms with van der Waals surface area (Å²) in [6.45, 7) is 1.11. The van der Waals surface area contributed by atoms with E-state index in [9.17, 15) is 8.78 Å². The highest BCUT2D eigenvalue weighted by Gasteiger charge is 2.15. The van der Waals surface area contributed by atoms with E-state index in [0.29, 0.717) is 29.9 Å². The second-order valence-electron chi connectivity index (χ2n) is 4.72. The highest BCUT2D eigenvalue weighted by atomic mass is 19.2. The largest absolute Gasteiger partial charge is 0.330 e. The Balaban J connectivity index is 2.22. The van der Waals surface area contributed by atoms with Gasteiger partial charge in [0.05, 0.1) is 11.0 Å². The van der Waals surface area contributed by atoms with Gasteiger partial charge in [0.2, 0.25) is 0 Å². The third kappa shape index (κ3) is 2.50. The van der Waals surface area contributed by atoms with Gasteiger partial charge < -0.3 is 10.3 Å². The van der Waals surface area contributed by atoms with Gasteiger partial charge in [0.25, 0.3) is 0 Å². The van der Waals surface area contributed by atoms with Crippen molar-refractivity contribution >= 4 is 11.0 Å². The minimum absolute atomic E-state index is 0.428. The molecule has 0 aliphatic rings. The third-order valence-electron chi connectivity index (χ3n) is 3.31. The predicted molar refractivity (Wildman–Crippen MR) is 76.6 cm³/mol. The Bertz CT molecular complexity index is 768. The zero-order chi connectivity index (χ0) is 14.8. The number of hydrogen-bond acceptors (Lipinski definition) is 3. The predicted octanol–water partition coefficient (Wildman–Crippen LogP) is 2.73. The summed E-state index contributed by atoms with van der Waals surface area (Å²) in [5.41, 5.74) is 7.39. The first kappa shape index (κ1) is 13.6. The van der Waals surface area contributed by atoms with Gasteiger partial charge in [0, 0.05) is 36.6 Å². The van der Waals surface area contributed by atoms with Crippen molar-refractivity contribution in [2.24, 2.45) is 5.73 Å². The highest BCUT2D eigenvalue weighted by Crippen LogP contribution is 2.26. The Morgan fingerprint density at radius 2 is 1.81 bits per heavy atom. The monoisotopic (exact) mass is 288 g/mol. The molecule has 0 unspecified atom stereocenters. The third-order valence-corrected chi connectivity index (χ3v) is 3.31. The summed E-state index contributed by atoms with van der Waals surface area (Å²) in [5.74, 6) is -1.12. The summed E-state index contributed by atoms with van der Waals surface area (Å²) in [5, 5.41) is 0. The van der Waals surface area contributed by atoms with Crippen LogP contribution in [0.25, 0.3) is 22.4 Å². The molecule has 108 valence electrons. The van der Waals surface area contributed by atoms with Crippen molar-refractivity contribution in [2.45, 2.75) is 13.0 Å². The molecule has 0 atom stereocenters. The number of hydrogen-bond donors (Lipinski definition) is 1. The zero-order valence-corrected chi connectivity index (χ0v) is 11.3. The first-order valence-corrected chi connectivity index (χ1v) is 6.66. The van der Waals surface area contributed by atoms with E-state index in [4.69, 9.17) is 5.73 Å². The summed E-state index contributed by atoms with van der Waals surface area (Å²) in [7, 11) is 0. The van der Waals surface area contributed by atoms with Gasteiger partial charge in [-0.15, -0.1) is 0 Å². The van der Waals surface area contributed by atoms with E-state index in [-0.39, 0.29) is 0 Å². The lowest BCUT2D eigenvalue weighted by molar-refractivity contribution is 0.510. The van der Waals surface area contributed by atoms with Crippen molar-refractivity contribution in [1.29, 1.82) is 0 Å². The fraction of sp³-hybridized carbons (Fsp3) is 0.200. The first-order chi connectivity index (χ1) is 10.2. The van der Waals surface area contributed by atoms with Crippen molar-refractivity contribution in [1.82, 2.24) is 14.5 Å². The molecule has 3 rings (SSSR count). The Morgan fingerprint density at radius 3 is 2.52 bits per heavy atom. The Labute approximate surface area is 120 Å². The molecule has 0 fully saturated rings. The standard InChI is InChI=1S/C15H14F2N4/c16-11-8-13-14(9-12(11)17)21(7-1-4-18)15(20-13)10-2-5-19-6-3-10/h2-3,5-6,8-9H,1,4,7,18H2. The van der Waals surface area contributed by atoms with Gasteiger partial charge in [-0.1, -0.05) is 0 Å². The molecule has 21 heavy (non-hydrogen) atoms. The van der Waals surface area contributed by atoms with Crippen LogP contribution in [0.5, 0.6) is 0 Å². The topological polar surface area (TPSA) is 56.7 Å². The molecule has 0 aliphatic carbocycles. The van der Waals surface area contributed by atoms with Crippen molar-refractivity contribution in [2.75, 3.05) is 6.54 Å². The summed E-state index contributed by atoms with van der Waals surface area (Å²) in [6, 6.07) is 5.92. The first-order valence-electron chi connectivity index (χ1n) is 6.66. The number of pyridine rings is 1. The van der Waals surface area contributed by atoms with Crippen molar-refractivity contribution in [3.63, 3.8) is 0 Å². The van der Waals surface area contributed by atoms with E-state index in [1.54, 1.807) is 12.4 Å². The quantitative estimate of drug-likeness (QED) is 0.803. The van der Waals surface area contributed by atoms with Gasteiger partial charge in [0.1, 0.15) is 5.82 Å². The SMILES string of the molecule is NCCCn1c(-c2ccncc2)nc2cc(F)c(F)cc21. The summed E-state index contributed by atoms with van der Waals surface area (Å²) < 4.78 is 28.8. The van der Waals surface area contributed by atoms with Crippen LogP contribution >= 0.6 is 0 Å². The van der Waals surface area contributed by atoms with E-state index in [2.05, 4.69) is 9.97 Å². The van der Waals surface area contributed by atoms with Crippen molar-refractivity contribution < 1.29 is 8.78 Å². The molecular weight excluding hydrogens is 274 g/mol. The number of fused-ring (bicyclic) bond motifs is 1. The molecule has 0 spiro atoms. The average molecular weight is 288 g/mol. The van der Waals surface area contributed by atoms with Crippen LogP contribution in [0.1, 0.15) is 6.42 Å². The van der Waals surface area contributed by atoms with Gasteiger partial charge in [-0.05, 0) is 25.1 Å². The van der Waals surface area contributed by atoms with Crippen LogP contribution in [0.3, 0.4) is 0 Å². The maximum absolute atomic E-state index is 13.5. The molecule has 0 bridgehead atoms. The Hall–Kier alpha value is -2.34. The van der Waals surface area contributed by atoms with E-state index in [1.165, 1.54) is 6.07 Å². The molecule has 4 nitrogen and oxygen atoms in total. The van der Waals surface area contributed by atoms with Crippen LogP contribution in [0, 0.1) is 11.6 Å². The van der Waals surface area contributed by atoms with E-state index >= 15 is 0 Å². The van der Waals surface area contributed by atoms with Gasteiger partial charge in [-0.2, -0.15) is 0 Å². The van der Waals surface area contributed by atoms with Crippen LogP contribution in [-0.4, -0.2) is 21.1 Å². The lowest BCUT2D eigenvalue weighted by Crippen LogP contribution is -2.07. The molecular formula is C15H14F2N4. The van der Waals surface area contributed by atoms with Crippen LogP contribution in [0.4, 0.5) is 8.78 Å². The summed E-state index contributed by atoms with van der Waals surface area (Å²) in [4.78, 5) is 8.39. The second kappa shape index (κ2) is 5.57. The van der Waals surface area contributed by atoms with Crippen molar-refractivity contribution in [3.05, 3.63) is 48.3 Å². The Morgan fingerprint density at radius 1 is 1.10 bits per heavy atom. The van der Waals surface area contributed by atoms with Crippen LogP contribution in [0.15, 0.2) is 36.7 Å². The molecule has 2 heterocycles. The minimum atomic E-state index is -0.896. The number of halogens is 2. The maximum atomic E-state index is 13.5. The maximum Gasteiger partial charge on any atom is 0.161 e. The van der Waals surface area contributed by atoms with Crippen LogP contribution < -0.4 is 5.73 Å². The second-order valence-corrected chi connectivity index (χ2v) is 4.72. The number of rotatable bonds is 4. The molecule has 3 aromatic rings. The number of nitrogens with zero attached hydrogens (tertiary/aromatic N) is 3. The lowest BCUT2D eigenvalue weighted by atomic mass is 10.2.